The monoisotopic (exact) mass is 213 g/mol. The number of phenols is 1. The van der Waals surface area contributed by atoms with Gasteiger partial charge in [-0.3, -0.25) is 0 Å². The van der Waals surface area contributed by atoms with Crippen molar-refractivity contribution in [3.05, 3.63) is 48.5 Å². The van der Waals surface area contributed by atoms with E-state index < -0.39 is 0 Å². The molecule has 2 rings (SSSR count). The van der Waals surface area contributed by atoms with Gasteiger partial charge in [0.1, 0.15) is 17.1 Å². The van der Waals surface area contributed by atoms with Gasteiger partial charge in [0.05, 0.1) is 5.69 Å². The molecule has 0 aliphatic rings. The Morgan fingerprint density at radius 1 is 0.812 bits per heavy atom. The summed E-state index contributed by atoms with van der Waals surface area (Å²) in [5, 5.41) is 17.4. The molecule has 4 nitrogen and oxygen atoms in total. The van der Waals surface area contributed by atoms with E-state index in [-0.39, 0.29) is 5.75 Å². The predicted molar refractivity (Wildman–Crippen MR) is 63.1 cm³/mol. The van der Waals surface area contributed by atoms with Crippen molar-refractivity contribution < 1.29 is 5.11 Å². The highest BCUT2D eigenvalue weighted by atomic mass is 16.3. The maximum atomic E-state index is 9.47. The first kappa shape index (κ1) is 10.2. The summed E-state index contributed by atoms with van der Waals surface area (Å²) < 4.78 is 0. The van der Waals surface area contributed by atoms with Gasteiger partial charge in [0.15, 0.2) is 0 Å². The second-order valence-electron chi connectivity index (χ2n) is 3.25. The number of para-hydroxylation sites is 2. The van der Waals surface area contributed by atoms with E-state index in [1.807, 2.05) is 12.1 Å². The van der Waals surface area contributed by atoms with Gasteiger partial charge in [0.25, 0.3) is 0 Å². The van der Waals surface area contributed by atoms with Crippen LogP contribution >= 0.6 is 0 Å². The first-order chi connectivity index (χ1) is 7.77. The van der Waals surface area contributed by atoms with Crippen molar-refractivity contribution in [2.45, 2.75) is 0 Å². The van der Waals surface area contributed by atoms with Crippen molar-refractivity contribution >= 4 is 17.1 Å². The molecule has 0 unspecified atom stereocenters. The van der Waals surface area contributed by atoms with Crippen molar-refractivity contribution in [3.63, 3.8) is 0 Å². The van der Waals surface area contributed by atoms with E-state index in [4.69, 9.17) is 5.73 Å². The van der Waals surface area contributed by atoms with Crippen LogP contribution in [0, 0.1) is 0 Å². The predicted octanol–water partition coefficient (Wildman–Crippen LogP) is 3.39. The van der Waals surface area contributed by atoms with E-state index in [1.54, 1.807) is 36.4 Å². The van der Waals surface area contributed by atoms with E-state index in [0.29, 0.717) is 17.1 Å². The Hall–Kier alpha value is -2.36. The molecule has 0 saturated heterocycles. The van der Waals surface area contributed by atoms with E-state index >= 15 is 0 Å². The molecule has 0 radical (unpaired) electrons. The van der Waals surface area contributed by atoms with Crippen LogP contribution in [0.5, 0.6) is 5.75 Å². The lowest BCUT2D eigenvalue weighted by Gasteiger charge is -1.98. The molecule has 2 aromatic rings. The third-order valence-electron chi connectivity index (χ3n) is 2.08. The van der Waals surface area contributed by atoms with Gasteiger partial charge in [-0.25, -0.2) is 0 Å². The van der Waals surface area contributed by atoms with Crippen LogP contribution in [-0.2, 0) is 0 Å². The molecule has 3 N–H and O–H groups in total. The second-order valence-corrected chi connectivity index (χ2v) is 3.25. The molecular weight excluding hydrogens is 202 g/mol. The standard InChI is InChI=1S/C12H11N3O/c13-9-5-1-2-6-10(9)14-15-11-7-3-4-8-12(11)16/h1-8,16H,13H2. The van der Waals surface area contributed by atoms with Crippen LogP contribution in [0.3, 0.4) is 0 Å². The van der Waals surface area contributed by atoms with E-state index in [0.717, 1.165) is 0 Å². The Bertz CT molecular complexity index is 476. The first-order valence-corrected chi connectivity index (χ1v) is 4.81. The average Bonchev–Trinajstić information content (AvgIpc) is 2.30. The lowest BCUT2D eigenvalue weighted by molar-refractivity contribution is 0.476. The zero-order valence-corrected chi connectivity index (χ0v) is 8.54. The van der Waals surface area contributed by atoms with Crippen LogP contribution in [0.4, 0.5) is 17.1 Å². The average molecular weight is 213 g/mol. The van der Waals surface area contributed by atoms with Crippen molar-refractivity contribution in [2.75, 3.05) is 5.73 Å². The van der Waals surface area contributed by atoms with Crippen LogP contribution < -0.4 is 5.73 Å². The number of benzene rings is 2. The highest BCUT2D eigenvalue weighted by molar-refractivity contribution is 5.62. The van der Waals surface area contributed by atoms with Crippen LogP contribution in [0.15, 0.2) is 58.8 Å². The van der Waals surface area contributed by atoms with E-state index in [1.165, 1.54) is 0 Å². The maximum absolute atomic E-state index is 9.47. The normalized spacial score (nSPS) is 10.8. The third kappa shape index (κ3) is 2.17. The fourth-order valence-corrected chi connectivity index (χ4v) is 1.24. The Morgan fingerprint density at radius 3 is 2.06 bits per heavy atom. The largest absolute Gasteiger partial charge is 0.506 e. The molecule has 0 amide bonds. The molecule has 0 heterocycles. The number of nitrogens with zero attached hydrogens (tertiary/aromatic N) is 2. The van der Waals surface area contributed by atoms with Crippen LogP contribution in [0.25, 0.3) is 0 Å². The van der Waals surface area contributed by atoms with Gasteiger partial charge in [-0.1, -0.05) is 24.3 Å². The molecule has 0 fully saturated rings. The highest BCUT2D eigenvalue weighted by Gasteiger charge is 1.98. The summed E-state index contributed by atoms with van der Waals surface area (Å²) >= 11 is 0. The minimum Gasteiger partial charge on any atom is -0.506 e. The second kappa shape index (κ2) is 4.44. The molecule has 16 heavy (non-hydrogen) atoms. The number of azo groups is 1. The van der Waals surface area contributed by atoms with Crippen LogP contribution in [0.1, 0.15) is 0 Å². The van der Waals surface area contributed by atoms with E-state index in [2.05, 4.69) is 10.2 Å². The van der Waals surface area contributed by atoms with Gasteiger partial charge < -0.3 is 10.8 Å². The van der Waals surface area contributed by atoms with E-state index in [9.17, 15) is 5.11 Å². The summed E-state index contributed by atoms with van der Waals surface area (Å²) in [7, 11) is 0. The lowest BCUT2D eigenvalue weighted by atomic mass is 10.3. The van der Waals surface area contributed by atoms with Gasteiger partial charge >= 0.3 is 0 Å². The van der Waals surface area contributed by atoms with Gasteiger partial charge in [0, 0.05) is 0 Å². The summed E-state index contributed by atoms with van der Waals surface area (Å²) in [5.74, 6) is 0.0979. The molecular formula is C12H11N3O. The molecule has 0 saturated carbocycles. The number of hydrogen-bond acceptors (Lipinski definition) is 4. The fourth-order valence-electron chi connectivity index (χ4n) is 1.24. The van der Waals surface area contributed by atoms with Gasteiger partial charge in [-0.2, -0.15) is 0 Å². The van der Waals surface area contributed by atoms with Crippen molar-refractivity contribution in [3.8, 4) is 5.75 Å². The summed E-state index contributed by atoms with van der Waals surface area (Å²) in [4.78, 5) is 0. The molecule has 2 aromatic carbocycles. The van der Waals surface area contributed by atoms with Gasteiger partial charge in [-0.15, -0.1) is 10.2 Å². The number of nitrogen functional groups attached to an aromatic ring is 1. The van der Waals surface area contributed by atoms with Crippen LogP contribution in [0.2, 0.25) is 0 Å². The quantitative estimate of drug-likeness (QED) is 0.592. The number of aromatic hydroxyl groups is 1. The number of nitrogens with two attached hydrogens (primary N) is 1. The molecule has 0 aliphatic heterocycles. The highest BCUT2D eigenvalue weighted by Crippen LogP contribution is 2.28. The van der Waals surface area contributed by atoms with Crippen molar-refractivity contribution in [1.82, 2.24) is 0 Å². The zero-order chi connectivity index (χ0) is 11.4. The first-order valence-electron chi connectivity index (χ1n) is 4.81. The maximum Gasteiger partial charge on any atom is 0.143 e. The Balaban J connectivity index is 2.29. The minimum atomic E-state index is 0.0979. The summed E-state index contributed by atoms with van der Waals surface area (Å²) in [6.45, 7) is 0. The summed E-state index contributed by atoms with van der Waals surface area (Å²) in [5.41, 5.74) is 7.27. The lowest BCUT2D eigenvalue weighted by Crippen LogP contribution is -1.82. The molecule has 0 bridgehead atoms. The van der Waals surface area contributed by atoms with Crippen molar-refractivity contribution in [1.29, 1.82) is 0 Å². The fraction of sp³-hybridized carbons (Fsp3) is 0. The third-order valence-corrected chi connectivity index (χ3v) is 2.08. The van der Waals surface area contributed by atoms with Crippen LogP contribution in [-0.4, -0.2) is 5.11 Å². The van der Waals surface area contributed by atoms with Crippen molar-refractivity contribution in [2.24, 2.45) is 10.2 Å². The molecule has 80 valence electrons. The Kier molecular flexibility index (Phi) is 2.82. The summed E-state index contributed by atoms with van der Waals surface area (Å²) in [6.07, 6.45) is 0. The number of rotatable bonds is 2. The number of hydrogen-bond donors (Lipinski definition) is 2. The molecule has 0 atom stereocenters. The topological polar surface area (TPSA) is 71.0 Å². The molecule has 0 aliphatic carbocycles. The Labute approximate surface area is 93.1 Å². The molecule has 0 aromatic heterocycles. The smallest absolute Gasteiger partial charge is 0.143 e. The SMILES string of the molecule is Nc1ccccc1N=Nc1ccccc1O. The molecule has 4 heteroatoms. The Morgan fingerprint density at radius 2 is 1.38 bits per heavy atom. The minimum absolute atomic E-state index is 0.0979. The zero-order valence-electron chi connectivity index (χ0n) is 8.54. The van der Waals surface area contributed by atoms with Gasteiger partial charge in [-0.05, 0) is 24.3 Å². The van der Waals surface area contributed by atoms with Gasteiger partial charge in [0.2, 0.25) is 0 Å². The number of phenolic OH excluding ortho intramolecular Hbond substituents is 1. The number of anilines is 1. The molecule has 0 spiro atoms. The summed E-state index contributed by atoms with van der Waals surface area (Å²) in [6, 6.07) is 13.9.